The monoisotopic (exact) mass is 1310 g/mol. The third-order valence-electron chi connectivity index (χ3n) is 18.7. The average Bonchev–Trinajstić information content (AvgIpc) is 0.832. The average molecular weight is 1310 g/mol. The molecule has 6 heterocycles. The summed E-state index contributed by atoms with van der Waals surface area (Å²) < 4.78 is 82.4. The summed E-state index contributed by atoms with van der Waals surface area (Å²) in [6.45, 7) is 11.7. The number of carbonyl (C=O) groups is 3. The molecular weight excluding hydrogens is 1190 g/mol. The van der Waals surface area contributed by atoms with Crippen molar-refractivity contribution < 1.29 is 122 Å². The van der Waals surface area contributed by atoms with Crippen LogP contribution in [-0.4, -0.2) is 230 Å². The van der Waals surface area contributed by atoms with Gasteiger partial charge in [-0.15, -0.1) is 0 Å². The van der Waals surface area contributed by atoms with Crippen molar-refractivity contribution >= 4 is 17.9 Å². The van der Waals surface area contributed by atoms with E-state index in [1.165, 1.54) is 20.8 Å². The fraction of sp³-hybridized carbons (Fsp3) is 0.955. The van der Waals surface area contributed by atoms with E-state index in [0.29, 0.717) is 38.5 Å². The van der Waals surface area contributed by atoms with E-state index in [4.69, 9.17) is 61.6 Å². The van der Waals surface area contributed by atoms with Crippen molar-refractivity contribution in [1.29, 1.82) is 0 Å². The molecule has 6 saturated heterocycles. The molecule has 0 saturated carbocycles. The molecule has 6 fully saturated rings. The molecule has 6 aliphatic rings. The highest BCUT2D eigenvalue weighted by atomic mass is 16.8. The quantitative estimate of drug-likeness (QED) is 0.0249. The highest BCUT2D eigenvalue weighted by molar-refractivity contribution is 5.70. The summed E-state index contributed by atoms with van der Waals surface area (Å²) in [7, 11) is 0. The Morgan fingerprint density at radius 2 is 0.901 bits per heavy atom. The number of unbranched alkanes of at least 4 members (excludes halogenated alkanes) is 14. The van der Waals surface area contributed by atoms with Crippen LogP contribution in [0.25, 0.3) is 0 Å². The Hall–Kier alpha value is -2.35. The van der Waals surface area contributed by atoms with Gasteiger partial charge in [-0.1, -0.05) is 156 Å². The molecule has 530 valence electrons. The van der Waals surface area contributed by atoms with Crippen molar-refractivity contribution in [3.8, 4) is 0 Å². The van der Waals surface area contributed by atoms with Gasteiger partial charge in [0, 0.05) is 19.3 Å². The lowest BCUT2D eigenvalue weighted by Gasteiger charge is -2.51. The lowest BCUT2D eigenvalue weighted by Crippen LogP contribution is -2.68. The van der Waals surface area contributed by atoms with Gasteiger partial charge >= 0.3 is 17.9 Å². The summed E-state index contributed by atoms with van der Waals surface area (Å²) in [5.41, 5.74) is 0. The van der Waals surface area contributed by atoms with Crippen molar-refractivity contribution in [3.05, 3.63) is 0 Å². The largest absolute Gasteiger partial charge is 0.457 e. The van der Waals surface area contributed by atoms with Crippen LogP contribution in [0, 0.1) is 0 Å². The molecule has 0 spiro atoms. The van der Waals surface area contributed by atoms with Gasteiger partial charge in [0.15, 0.2) is 49.8 Å². The lowest BCUT2D eigenvalue weighted by molar-refractivity contribution is -0.400. The maximum absolute atomic E-state index is 14.3. The zero-order valence-electron chi connectivity index (χ0n) is 55.3. The fourth-order valence-corrected chi connectivity index (χ4v) is 13.0. The molecule has 0 aliphatic carbocycles. The molecule has 0 aromatic carbocycles. The molecule has 91 heavy (non-hydrogen) atoms. The molecule has 6 rings (SSSR count). The highest BCUT2D eigenvalue weighted by Crippen LogP contribution is 2.39. The molecular formula is C66H116O25. The summed E-state index contributed by atoms with van der Waals surface area (Å²) in [6.07, 6.45) is -16.9. The maximum Gasteiger partial charge on any atom is 0.306 e. The molecule has 25 nitrogen and oxygen atoms in total. The summed E-state index contributed by atoms with van der Waals surface area (Å²) in [5.74, 6) is -2.08. The highest BCUT2D eigenvalue weighted by Gasteiger charge is 2.59. The maximum atomic E-state index is 14.3. The molecule has 0 unspecified atom stereocenters. The van der Waals surface area contributed by atoms with Crippen LogP contribution >= 0.6 is 0 Å². The van der Waals surface area contributed by atoms with Crippen LogP contribution in [0.1, 0.15) is 235 Å². The lowest BCUT2D eigenvalue weighted by atomic mass is 9.95. The topological polar surface area (TPSA) is 353 Å². The predicted octanol–water partition coefficient (Wildman–Crippen LogP) is 5.62. The second-order valence-electron chi connectivity index (χ2n) is 26.3. The zero-order valence-corrected chi connectivity index (χ0v) is 55.3. The van der Waals surface area contributed by atoms with Gasteiger partial charge in [0.05, 0.1) is 37.1 Å². The number of carbonyl (C=O) groups excluding carboxylic acids is 3. The molecule has 26 atom stereocenters. The van der Waals surface area contributed by atoms with Crippen LogP contribution in [-0.2, 0) is 76.0 Å². The van der Waals surface area contributed by atoms with Gasteiger partial charge in [-0.3, -0.25) is 14.4 Å². The Balaban J connectivity index is 1.32. The van der Waals surface area contributed by atoms with Gasteiger partial charge in [0.25, 0.3) is 0 Å². The summed E-state index contributed by atoms with van der Waals surface area (Å²) in [6, 6.07) is 0. The van der Waals surface area contributed by atoms with Gasteiger partial charge in [0.1, 0.15) is 79.4 Å². The number of ether oxygens (including phenoxy) is 13. The third kappa shape index (κ3) is 23.2. The van der Waals surface area contributed by atoms with E-state index >= 15 is 0 Å². The van der Waals surface area contributed by atoms with Gasteiger partial charge in [-0.05, 0) is 59.8 Å². The standard InChI is InChI=1S/C66H116O25/c1-8-11-14-16-19-24-29-34-44(68)85-55-39(5)80-62(53(77)51(55)75)89-57-41(7)82-66(61(87-46(70)36-31-25-20-17-15-12-9-2)60(57)91-63-52(76)49(73)48(72)43(37-67)84-63)88-56-40(6)81-65-59(54(56)78)86-45(69)35-30-26-22-18-21-23-28-33-42(32-27-13-10-3)83-64-58(90-65)50(74)47(71)38(4)79-64/h38-43,47-67,71-78H,8-37H2,1-7H3/t38-,39+,40+,41+,42+,43-,47+,48-,49+,50+,51+,52-,53-,54-,55+,56+,57+,58-,59-,60-,61-,62+,63+,64+,65+,66+/m1/s1. The molecule has 25 heteroatoms. The van der Waals surface area contributed by atoms with Crippen molar-refractivity contribution in [2.75, 3.05) is 6.61 Å². The Morgan fingerprint density at radius 1 is 0.418 bits per heavy atom. The van der Waals surface area contributed by atoms with E-state index in [2.05, 4.69) is 20.8 Å². The zero-order chi connectivity index (χ0) is 66.1. The molecule has 9 N–H and O–H groups in total. The minimum Gasteiger partial charge on any atom is -0.457 e. The first kappa shape index (κ1) is 77.7. The number of rotatable bonds is 29. The Kier molecular flexibility index (Phi) is 34.5. The first-order valence-corrected chi connectivity index (χ1v) is 34.9. The number of aliphatic hydroxyl groups is 9. The van der Waals surface area contributed by atoms with Crippen LogP contribution in [0.5, 0.6) is 0 Å². The van der Waals surface area contributed by atoms with E-state index in [0.717, 1.165) is 128 Å². The fourth-order valence-electron chi connectivity index (χ4n) is 13.0. The number of esters is 3. The van der Waals surface area contributed by atoms with Crippen LogP contribution < -0.4 is 0 Å². The molecule has 0 amide bonds. The van der Waals surface area contributed by atoms with Gasteiger partial charge < -0.3 is 108 Å². The Morgan fingerprint density at radius 3 is 1.53 bits per heavy atom. The van der Waals surface area contributed by atoms with Crippen molar-refractivity contribution in [1.82, 2.24) is 0 Å². The smallest absolute Gasteiger partial charge is 0.306 e. The van der Waals surface area contributed by atoms with Crippen LogP contribution in [0.2, 0.25) is 0 Å². The van der Waals surface area contributed by atoms with E-state index in [9.17, 15) is 60.3 Å². The normalized spacial score (nSPS) is 40.0. The minimum absolute atomic E-state index is 0.0354. The van der Waals surface area contributed by atoms with E-state index in [1.807, 2.05) is 0 Å². The Bertz CT molecular complexity index is 2040. The number of hydrogen-bond donors (Lipinski definition) is 9. The second kappa shape index (κ2) is 40.4. The molecule has 6 aliphatic heterocycles. The van der Waals surface area contributed by atoms with Crippen LogP contribution in [0.4, 0.5) is 0 Å². The summed E-state index contributed by atoms with van der Waals surface area (Å²) in [4.78, 5) is 41.4. The van der Waals surface area contributed by atoms with E-state index in [1.54, 1.807) is 6.92 Å². The molecule has 0 aromatic heterocycles. The van der Waals surface area contributed by atoms with Gasteiger partial charge in [-0.2, -0.15) is 0 Å². The van der Waals surface area contributed by atoms with Crippen molar-refractivity contribution in [2.45, 2.75) is 394 Å². The summed E-state index contributed by atoms with van der Waals surface area (Å²) in [5, 5.41) is 103. The SMILES string of the molecule is CCCCCCCCCC(=O)O[C@@H]1[C@@H](O)[C@@H](O)[C@H](O[C@@H]2[C@@H](O[C@@H]3O[C@H](CO)[C@@H](O)[C@H](O)[C@H]3O)[C@@H](OC(=O)CCCCCCCCC)[C@H](O[C@@H]3[C@@H](O)[C@H]4OC(=O)CCCCCCCCC[C@H](CCCCC)O[C@@H]5O[C@H](C)[C@H](O)[C@H](O)[C@H]5O[C@@H]4O[C@H]3C)O[C@H]2C)O[C@H]1C. The summed E-state index contributed by atoms with van der Waals surface area (Å²) >= 11 is 0. The van der Waals surface area contributed by atoms with Crippen molar-refractivity contribution in [3.63, 3.8) is 0 Å². The van der Waals surface area contributed by atoms with Gasteiger partial charge in [0.2, 0.25) is 0 Å². The predicted molar refractivity (Wildman–Crippen MR) is 326 cm³/mol. The first-order valence-electron chi connectivity index (χ1n) is 34.9. The molecule has 0 bridgehead atoms. The van der Waals surface area contributed by atoms with Crippen molar-refractivity contribution in [2.24, 2.45) is 0 Å². The first-order chi connectivity index (χ1) is 43.7. The molecule has 0 aromatic rings. The van der Waals surface area contributed by atoms with Crippen LogP contribution in [0.15, 0.2) is 0 Å². The third-order valence-corrected chi connectivity index (χ3v) is 18.7. The van der Waals surface area contributed by atoms with Crippen LogP contribution in [0.3, 0.4) is 0 Å². The molecule has 0 radical (unpaired) electrons. The number of aliphatic hydroxyl groups excluding tert-OH is 9. The number of hydrogen-bond acceptors (Lipinski definition) is 25. The number of fused-ring (bicyclic) bond motifs is 2. The Labute approximate surface area is 539 Å². The van der Waals surface area contributed by atoms with Gasteiger partial charge in [-0.25, -0.2) is 0 Å². The van der Waals surface area contributed by atoms with E-state index < -0.39 is 178 Å². The van der Waals surface area contributed by atoms with E-state index in [-0.39, 0.29) is 25.4 Å². The second-order valence-corrected chi connectivity index (χ2v) is 26.3. The minimum atomic E-state index is -2.01.